The molecule has 0 aromatic rings. The van der Waals surface area contributed by atoms with E-state index in [1.54, 1.807) is 7.11 Å². The molecule has 2 heteroatoms. The summed E-state index contributed by atoms with van der Waals surface area (Å²) >= 11 is 0. The van der Waals surface area contributed by atoms with E-state index in [0.29, 0.717) is 17.8 Å². The van der Waals surface area contributed by atoms with Gasteiger partial charge in [0.1, 0.15) is 0 Å². The molecule has 4 bridgehead atoms. The minimum atomic E-state index is -0.369. The van der Waals surface area contributed by atoms with Gasteiger partial charge in [0.15, 0.2) is 0 Å². The summed E-state index contributed by atoms with van der Waals surface area (Å²) in [6.07, 6.45) is 7.63. The Bertz CT molecular complexity index is 259. The topological polar surface area (TPSA) is 29.5 Å². The molecular formula is C15H26O2. The summed E-state index contributed by atoms with van der Waals surface area (Å²) in [6.45, 7) is 3.02. The summed E-state index contributed by atoms with van der Waals surface area (Å²) in [6, 6.07) is 0. The van der Waals surface area contributed by atoms with E-state index in [1.807, 2.05) is 0 Å². The molecule has 1 unspecified atom stereocenters. The standard InChI is InChI=1S/C15H26O2/c1-10(3-4-17-2)15(16)13-6-11-5-12(8-13)9-14(15)7-11/h10-14,16H,3-9H2,1-2H3. The molecule has 0 aromatic carbocycles. The van der Waals surface area contributed by atoms with Gasteiger partial charge in [-0.3, -0.25) is 0 Å². The lowest BCUT2D eigenvalue weighted by molar-refractivity contribution is -0.201. The fourth-order valence-electron chi connectivity index (χ4n) is 5.27. The van der Waals surface area contributed by atoms with Gasteiger partial charge in [-0.25, -0.2) is 0 Å². The van der Waals surface area contributed by atoms with E-state index in [1.165, 1.54) is 32.1 Å². The molecule has 0 aliphatic heterocycles. The summed E-state index contributed by atoms with van der Waals surface area (Å²) in [4.78, 5) is 0. The van der Waals surface area contributed by atoms with E-state index in [4.69, 9.17) is 4.74 Å². The van der Waals surface area contributed by atoms with E-state index < -0.39 is 0 Å². The van der Waals surface area contributed by atoms with Gasteiger partial charge >= 0.3 is 0 Å². The highest BCUT2D eigenvalue weighted by molar-refractivity contribution is 5.08. The van der Waals surface area contributed by atoms with E-state index in [9.17, 15) is 5.11 Å². The van der Waals surface area contributed by atoms with Crippen molar-refractivity contribution < 1.29 is 9.84 Å². The Balaban J connectivity index is 1.77. The van der Waals surface area contributed by atoms with Crippen molar-refractivity contribution in [3.8, 4) is 0 Å². The van der Waals surface area contributed by atoms with Crippen LogP contribution in [0.3, 0.4) is 0 Å². The van der Waals surface area contributed by atoms with Crippen molar-refractivity contribution in [1.29, 1.82) is 0 Å². The van der Waals surface area contributed by atoms with Crippen molar-refractivity contribution in [2.75, 3.05) is 13.7 Å². The lowest BCUT2D eigenvalue weighted by Crippen LogP contribution is -2.60. The van der Waals surface area contributed by atoms with E-state index >= 15 is 0 Å². The normalized spacial score (nSPS) is 49.6. The second-order valence-electron chi connectivity index (χ2n) is 6.87. The van der Waals surface area contributed by atoms with Crippen LogP contribution in [0.15, 0.2) is 0 Å². The van der Waals surface area contributed by atoms with Gasteiger partial charge in [0.05, 0.1) is 5.60 Å². The van der Waals surface area contributed by atoms with Gasteiger partial charge in [0, 0.05) is 13.7 Å². The number of methoxy groups -OCH3 is 1. The Labute approximate surface area is 105 Å². The zero-order valence-corrected chi connectivity index (χ0v) is 11.2. The molecule has 2 nitrogen and oxygen atoms in total. The first-order chi connectivity index (χ1) is 8.14. The van der Waals surface area contributed by atoms with Crippen molar-refractivity contribution in [2.24, 2.45) is 29.6 Å². The maximum atomic E-state index is 11.2. The number of hydrogen-bond acceptors (Lipinski definition) is 2. The molecule has 0 aromatic heterocycles. The fourth-order valence-corrected chi connectivity index (χ4v) is 5.27. The smallest absolute Gasteiger partial charge is 0.0730 e. The molecule has 0 saturated heterocycles. The van der Waals surface area contributed by atoms with E-state index in [2.05, 4.69) is 6.92 Å². The molecule has 4 aliphatic carbocycles. The zero-order chi connectivity index (χ0) is 12.0. The molecule has 0 radical (unpaired) electrons. The Morgan fingerprint density at radius 3 is 2.12 bits per heavy atom. The minimum Gasteiger partial charge on any atom is -0.389 e. The molecule has 4 rings (SSSR count). The first-order valence-corrected chi connectivity index (χ1v) is 7.35. The van der Waals surface area contributed by atoms with Gasteiger partial charge in [0.2, 0.25) is 0 Å². The lowest BCUT2D eigenvalue weighted by atomic mass is 9.47. The maximum absolute atomic E-state index is 11.2. The average Bonchev–Trinajstić information content (AvgIpc) is 2.31. The third-order valence-electron chi connectivity index (χ3n) is 5.99. The third kappa shape index (κ3) is 1.76. The van der Waals surface area contributed by atoms with Crippen LogP contribution in [-0.2, 0) is 4.74 Å². The molecule has 4 fully saturated rings. The summed E-state index contributed by atoms with van der Waals surface area (Å²) in [5.74, 6) is 3.45. The predicted molar refractivity (Wildman–Crippen MR) is 67.7 cm³/mol. The maximum Gasteiger partial charge on any atom is 0.0730 e. The lowest BCUT2D eigenvalue weighted by Gasteiger charge is -2.61. The summed E-state index contributed by atoms with van der Waals surface area (Å²) in [7, 11) is 1.76. The van der Waals surface area contributed by atoms with Crippen LogP contribution < -0.4 is 0 Å². The van der Waals surface area contributed by atoms with Crippen molar-refractivity contribution >= 4 is 0 Å². The van der Waals surface area contributed by atoms with Crippen LogP contribution in [0.25, 0.3) is 0 Å². The number of hydrogen-bond donors (Lipinski definition) is 1. The summed E-state index contributed by atoms with van der Waals surface area (Å²) in [5, 5.41) is 11.2. The Hall–Kier alpha value is -0.0800. The zero-order valence-electron chi connectivity index (χ0n) is 11.2. The Kier molecular flexibility index (Phi) is 2.99. The highest BCUT2D eigenvalue weighted by Gasteiger charge is 2.58. The molecule has 0 heterocycles. The van der Waals surface area contributed by atoms with Crippen molar-refractivity contribution in [2.45, 2.75) is 51.0 Å². The average molecular weight is 238 g/mol. The third-order valence-corrected chi connectivity index (χ3v) is 5.99. The summed E-state index contributed by atoms with van der Waals surface area (Å²) in [5.41, 5.74) is -0.369. The second kappa shape index (κ2) is 4.24. The van der Waals surface area contributed by atoms with Crippen LogP contribution in [0, 0.1) is 29.6 Å². The molecule has 1 atom stereocenters. The van der Waals surface area contributed by atoms with Crippen LogP contribution in [0.1, 0.15) is 45.4 Å². The molecule has 17 heavy (non-hydrogen) atoms. The van der Waals surface area contributed by atoms with Crippen molar-refractivity contribution in [1.82, 2.24) is 0 Å². The van der Waals surface area contributed by atoms with Crippen LogP contribution in [0.5, 0.6) is 0 Å². The fraction of sp³-hybridized carbons (Fsp3) is 1.00. The number of aliphatic hydroxyl groups is 1. The van der Waals surface area contributed by atoms with Gasteiger partial charge in [-0.05, 0) is 68.1 Å². The Morgan fingerprint density at radius 1 is 1.12 bits per heavy atom. The molecular weight excluding hydrogens is 212 g/mol. The van der Waals surface area contributed by atoms with Gasteiger partial charge in [-0.2, -0.15) is 0 Å². The predicted octanol–water partition coefficient (Wildman–Crippen LogP) is 2.85. The van der Waals surface area contributed by atoms with Crippen LogP contribution >= 0.6 is 0 Å². The molecule has 4 aliphatic rings. The van der Waals surface area contributed by atoms with E-state index in [0.717, 1.165) is 24.9 Å². The highest BCUT2D eigenvalue weighted by Crippen LogP contribution is 2.60. The van der Waals surface area contributed by atoms with E-state index in [-0.39, 0.29) is 5.60 Å². The molecule has 0 amide bonds. The van der Waals surface area contributed by atoms with Crippen LogP contribution in [0.2, 0.25) is 0 Å². The Morgan fingerprint density at radius 2 is 1.65 bits per heavy atom. The van der Waals surface area contributed by atoms with Crippen molar-refractivity contribution in [3.05, 3.63) is 0 Å². The molecule has 98 valence electrons. The number of rotatable bonds is 4. The monoisotopic (exact) mass is 238 g/mol. The quantitative estimate of drug-likeness (QED) is 0.816. The van der Waals surface area contributed by atoms with Gasteiger partial charge in [-0.15, -0.1) is 0 Å². The van der Waals surface area contributed by atoms with Crippen LogP contribution in [-0.4, -0.2) is 24.4 Å². The summed E-state index contributed by atoms with van der Waals surface area (Å²) < 4.78 is 5.19. The first kappa shape index (κ1) is 12.0. The van der Waals surface area contributed by atoms with Gasteiger partial charge in [-0.1, -0.05) is 6.92 Å². The van der Waals surface area contributed by atoms with Gasteiger partial charge < -0.3 is 9.84 Å². The SMILES string of the molecule is COCCC(C)C1(O)C2CC3CC(C2)CC1C3. The first-order valence-electron chi connectivity index (χ1n) is 7.35. The molecule has 1 N–H and O–H groups in total. The minimum absolute atomic E-state index is 0.369. The largest absolute Gasteiger partial charge is 0.389 e. The second-order valence-corrected chi connectivity index (χ2v) is 6.87. The highest BCUT2D eigenvalue weighted by atomic mass is 16.5. The van der Waals surface area contributed by atoms with Gasteiger partial charge in [0.25, 0.3) is 0 Å². The number of ether oxygens (including phenoxy) is 1. The van der Waals surface area contributed by atoms with Crippen molar-refractivity contribution in [3.63, 3.8) is 0 Å². The molecule has 0 spiro atoms. The molecule has 4 saturated carbocycles. The van der Waals surface area contributed by atoms with Crippen LogP contribution in [0.4, 0.5) is 0 Å².